The molecule has 0 aromatic heterocycles. The van der Waals surface area contributed by atoms with E-state index >= 15 is 0 Å². The van der Waals surface area contributed by atoms with E-state index < -0.39 is 19.5 Å². The number of carbonyl (C=O) groups is 1. The number of halogens is 2. The molecule has 0 aliphatic carbocycles. The van der Waals surface area contributed by atoms with Gasteiger partial charge in [0.25, 0.3) is 0 Å². The van der Waals surface area contributed by atoms with Crippen molar-refractivity contribution in [3.8, 4) is 0 Å². The fraction of sp³-hybridized carbons (Fsp3) is 0.300. The Hall–Kier alpha value is -0.380. The maximum Gasteiger partial charge on any atom is 0.335 e. The van der Waals surface area contributed by atoms with Gasteiger partial charge in [0, 0.05) is 10.6 Å². The molecular weight excluding hydrogens is 286 g/mol. The third kappa shape index (κ3) is 4.41. The summed E-state index contributed by atoms with van der Waals surface area (Å²) in [4.78, 5) is 21.1. The van der Waals surface area contributed by atoms with Crippen LogP contribution in [0.5, 0.6) is 0 Å². The van der Waals surface area contributed by atoms with E-state index in [0.717, 1.165) is 0 Å². The molecular formula is C10H11Cl2O4P. The van der Waals surface area contributed by atoms with Crippen molar-refractivity contribution in [2.45, 2.75) is 6.92 Å². The molecule has 7 heteroatoms. The SMILES string of the molecule is CCOP(=O)(O)CC(=O)c1cc(Cl)ccc1Cl. The second-order valence-electron chi connectivity index (χ2n) is 3.26. The van der Waals surface area contributed by atoms with Crippen molar-refractivity contribution >= 4 is 36.6 Å². The first-order valence-electron chi connectivity index (χ1n) is 4.80. The van der Waals surface area contributed by atoms with Gasteiger partial charge in [0.2, 0.25) is 0 Å². The summed E-state index contributed by atoms with van der Waals surface area (Å²) >= 11 is 11.5. The smallest absolute Gasteiger partial charge is 0.324 e. The highest BCUT2D eigenvalue weighted by Gasteiger charge is 2.25. The van der Waals surface area contributed by atoms with Gasteiger partial charge in [-0.2, -0.15) is 0 Å². The molecule has 0 saturated heterocycles. The third-order valence-electron chi connectivity index (χ3n) is 1.90. The molecule has 4 nitrogen and oxygen atoms in total. The van der Waals surface area contributed by atoms with Crippen LogP contribution in [0.3, 0.4) is 0 Å². The highest BCUT2D eigenvalue weighted by atomic mass is 35.5. The minimum Gasteiger partial charge on any atom is -0.324 e. The largest absolute Gasteiger partial charge is 0.335 e. The van der Waals surface area contributed by atoms with Gasteiger partial charge in [-0.15, -0.1) is 0 Å². The molecule has 0 saturated carbocycles. The molecule has 17 heavy (non-hydrogen) atoms. The van der Waals surface area contributed by atoms with Crippen LogP contribution in [-0.2, 0) is 9.09 Å². The second kappa shape index (κ2) is 5.98. The van der Waals surface area contributed by atoms with Crippen LogP contribution in [0.2, 0.25) is 10.0 Å². The topological polar surface area (TPSA) is 63.6 Å². The summed E-state index contributed by atoms with van der Waals surface area (Å²) in [5, 5.41) is 0.526. The lowest BCUT2D eigenvalue weighted by atomic mass is 10.1. The normalized spacial score (nSPS) is 14.4. The number of carbonyl (C=O) groups excluding carboxylic acids is 1. The van der Waals surface area contributed by atoms with Gasteiger partial charge in [-0.05, 0) is 25.1 Å². The van der Waals surface area contributed by atoms with Crippen molar-refractivity contribution in [3.05, 3.63) is 33.8 Å². The first kappa shape index (κ1) is 14.7. The molecule has 1 aromatic carbocycles. The molecule has 0 radical (unpaired) electrons. The summed E-state index contributed by atoms with van der Waals surface area (Å²) in [6.45, 7) is 1.63. The van der Waals surface area contributed by atoms with Crippen LogP contribution in [0.25, 0.3) is 0 Å². The number of Topliss-reactive ketones (excluding diaryl/α,β-unsaturated/α-hetero) is 1. The molecule has 94 valence electrons. The van der Waals surface area contributed by atoms with Crippen LogP contribution in [-0.4, -0.2) is 23.4 Å². The van der Waals surface area contributed by atoms with Gasteiger partial charge >= 0.3 is 7.60 Å². The van der Waals surface area contributed by atoms with Crippen molar-refractivity contribution < 1.29 is 18.8 Å². The molecule has 0 aliphatic rings. The van der Waals surface area contributed by atoms with Crippen molar-refractivity contribution in [1.82, 2.24) is 0 Å². The Labute approximate surface area is 109 Å². The van der Waals surface area contributed by atoms with Crippen LogP contribution in [0.4, 0.5) is 0 Å². The summed E-state index contributed by atoms with van der Waals surface area (Å²) in [5.41, 5.74) is 0.119. The van der Waals surface area contributed by atoms with E-state index in [1.807, 2.05) is 0 Å². The number of hydrogen-bond donors (Lipinski definition) is 1. The molecule has 1 rings (SSSR count). The van der Waals surface area contributed by atoms with Crippen molar-refractivity contribution in [1.29, 1.82) is 0 Å². The molecule has 1 N–H and O–H groups in total. The average molecular weight is 297 g/mol. The van der Waals surface area contributed by atoms with Gasteiger partial charge in [-0.3, -0.25) is 9.36 Å². The molecule has 1 unspecified atom stereocenters. The zero-order chi connectivity index (χ0) is 13.1. The minimum atomic E-state index is -3.90. The molecule has 0 spiro atoms. The van der Waals surface area contributed by atoms with Gasteiger partial charge in [-0.25, -0.2) is 0 Å². The lowest BCUT2D eigenvalue weighted by molar-refractivity contribution is 0.101. The minimum absolute atomic E-state index is 0.0599. The standard InChI is InChI=1S/C10H11Cl2O4P/c1-2-16-17(14,15)6-10(13)8-5-7(11)3-4-9(8)12/h3-5H,2,6H2,1H3,(H,14,15). The number of ketones is 1. The van der Waals surface area contributed by atoms with Gasteiger partial charge in [0.05, 0.1) is 11.6 Å². The van der Waals surface area contributed by atoms with Gasteiger partial charge in [0.1, 0.15) is 6.16 Å². The molecule has 1 atom stereocenters. The molecule has 1 aromatic rings. The van der Waals surface area contributed by atoms with E-state index in [2.05, 4.69) is 4.52 Å². The highest BCUT2D eigenvalue weighted by Crippen LogP contribution is 2.42. The van der Waals surface area contributed by atoms with E-state index in [9.17, 15) is 14.3 Å². The monoisotopic (exact) mass is 296 g/mol. The lowest BCUT2D eigenvalue weighted by Gasteiger charge is -2.10. The Morgan fingerprint density at radius 2 is 2.12 bits per heavy atom. The van der Waals surface area contributed by atoms with Crippen LogP contribution in [0.1, 0.15) is 17.3 Å². The fourth-order valence-corrected chi connectivity index (χ4v) is 2.65. The third-order valence-corrected chi connectivity index (χ3v) is 3.82. The lowest BCUT2D eigenvalue weighted by Crippen LogP contribution is -2.08. The summed E-state index contributed by atoms with van der Waals surface area (Å²) in [7, 11) is -3.90. The molecule has 0 bridgehead atoms. The van der Waals surface area contributed by atoms with E-state index in [1.165, 1.54) is 18.2 Å². The van der Waals surface area contributed by atoms with Crippen molar-refractivity contribution in [3.63, 3.8) is 0 Å². The van der Waals surface area contributed by atoms with Crippen molar-refractivity contribution in [2.75, 3.05) is 12.8 Å². The Morgan fingerprint density at radius 1 is 1.47 bits per heavy atom. The van der Waals surface area contributed by atoms with Gasteiger partial charge in [-0.1, -0.05) is 23.2 Å². The Bertz CT molecular complexity index is 475. The highest BCUT2D eigenvalue weighted by molar-refractivity contribution is 7.53. The van der Waals surface area contributed by atoms with Gasteiger partial charge < -0.3 is 9.42 Å². The summed E-state index contributed by atoms with van der Waals surface area (Å²) in [6.07, 6.45) is -0.610. The maximum absolute atomic E-state index is 11.8. The van der Waals surface area contributed by atoms with Gasteiger partial charge in [0.15, 0.2) is 5.78 Å². The van der Waals surface area contributed by atoms with E-state index in [0.29, 0.717) is 5.02 Å². The first-order chi connectivity index (χ1) is 7.85. The van der Waals surface area contributed by atoms with Crippen LogP contribution >= 0.6 is 30.8 Å². The molecule has 0 aliphatic heterocycles. The van der Waals surface area contributed by atoms with Crippen molar-refractivity contribution in [2.24, 2.45) is 0 Å². The molecule has 0 fully saturated rings. The number of rotatable bonds is 5. The average Bonchev–Trinajstić information content (AvgIpc) is 2.20. The Balaban J connectivity index is 2.90. The zero-order valence-corrected chi connectivity index (χ0v) is 11.4. The predicted molar refractivity (Wildman–Crippen MR) is 67.1 cm³/mol. The Kier molecular flexibility index (Phi) is 5.17. The molecule has 0 amide bonds. The molecule has 0 heterocycles. The Morgan fingerprint density at radius 3 is 2.71 bits per heavy atom. The van der Waals surface area contributed by atoms with E-state index in [-0.39, 0.29) is 17.2 Å². The van der Waals surface area contributed by atoms with E-state index in [1.54, 1.807) is 6.92 Å². The first-order valence-corrected chi connectivity index (χ1v) is 7.32. The second-order valence-corrected chi connectivity index (χ2v) is 5.95. The predicted octanol–water partition coefficient (Wildman–Crippen LogP) is 3.40. The van der Waals surface area contributed by atoms with E-state index in [4.69, 9.17) is 23.2 Å². The number of benzene rings is 1. The van der Waals surface area contributed by atoms with Crippen LogP contribution < -0.4 is 0 Å². The zero-order valence-electron chi connectivity index (χ0n) is 9.02. The summed E-state index contributed by atoms with van der Waals surface area (Å²) in [6, 6.07) is 4.35. The number of hydrogen-bond acceptors (Lipinski definition) is 3. The quantitative estimate of drug-likeness (QED) is 0.668. The van der Waals surface area contributed by atoms with Crippen LogP contribution in [0.15, 0.2) is 18.2 Å². The summed E-state index contributed by atoms with van der Waals surface area (Å²) in [5.74, 6) is -0.572. The fourth-order valence-electron chi connectivity index (χ4n) is 1.23. The summed E-state index contributed by atoms with van der Waals surface area (Å²) < 4.78 is 16.0. The van der Waals surface area contributed by atoms with Crippen LogP contribution in [0, 0.1) is 0 Å². The maximum atomic E-state index is 11.8.